The number of carbonyl (C=O) groups excluding carboxylic acids is 2. The Hall–Kier alpha value is -1.64. The van der Waals surface area contributed by atoms with Crippen LogP contribution in [0.15, 0.2) is 28.7 Å². The van der Waals surface area contributed by atoms with Gasteiger partial charge in [-0.15, -0.1) is 0 Å². The summed E-state index contributed by atoms with van der Waals surface area (Å²) < 4.78 is 5.92. The zero-order valence-corrected chi connectivity index (χ0v) is 11.9. The number of ether oxygens (including phenoxy) is 1. The van der Waals surface area contributed by atoms with Crippen molar-refractivity contribution < 1.29 is 14.3 Å². The number of β-lactam (4-membered cyclic amide) rings is 1. The van der Waals surface area contributed by atoms with Crippen molar-refractivity contribution in [1.29, 1.82) is 0 Å². The van der Waals surface area contributed by atoms with Gasteiger partial charge in [0.1, 0.15) is 12.3 Å². The normalized spacial score (nSPS) is 21.4. The van der Waals surface area contributed by atoms with E-state index < -0.39 is 12.1 Å². The molecule has 1 saturated heterocycles. The third kappa shape index (κ3) is 2.86. The maximum Gasteiger partial charge on any atom is 0.255 e. The number of benzene rings is 1. The van der Waals surface area contributed by atoms with Gasteiger partial charge in [0.15, 0.2) is 6.10 Å². The molecule has 1 fully saturated rings. The highest BCUT2D eigenvalue weighted by Gasteiger charge is 2.47. The van der Waals surface area contributed by atoms with Gasteiger partial charge in [-0.25, -0.2) is 0 Å². The van der Waals surface area contributed by atoms with Gasteiger partial charge in [0.25, 0.3) is 5.91 Å². The lowest BCUT2D eigenvalue weighted by molar-refractivity contribution is -0.169. The van der Waals surface area contributed by atoms with Crippen LogP contribution < -0.4 is 0 Å². The summed E-state index contributed by atoms with van der Waals surface area (Å²) >= 11 is 3.34. The van der Waals surface area contributed by atoms with Gasteiger partial charge in [-0.3, -0.25) is 4.79 Å². The monoisotopic (exact) mass is 321 g/mol. The third-order valence-corrected chi connectivity index (χ3v) is 3.44. The Kier molecular flexibility index (Phi) is 4.35. The second-order valence-electron chi connectivity index (χ2n) is 4.06. The quantitative estimate of drug-likeness (QED) is 0.478. The molecule has 1 aliphatic rings. The van der Waals surface area contributed by atoms with Gasteiger partial charge in [-0.1, -0.05) is 27.8 Å². The average Bonchev–Trinajstić information content (AvgIpc) is 2.42. The molecule has 0 bridgehead atoms. The van der Waals surface area contributed by atoms with Crippen molar-refractivity contribution in [1.82, 2.24) is 4.90 Å². The summed E-state index contributed by atoms with van der Waals surface area (Å²) in [5.41, 5.74) is 0.863. The zero-order chi connectivity index (χ0) is 13.8. The van der Waals surface area contributed by atoms with Gasteiger partial charge in [0.05, 0.1) is 6.54 Å². The minimum Gasteiger partial charge on any atom is -0.369 e. The van der Waals surface area contributed by atoms with Crippen LogP contribution in [0.1, 0.15) is 5.56 Å². The molecule has 1 aromatic rings. The van der Waals surface area contributed by atoms with Crippen molar-refractivity contribution in [2.45, 2.75) is 12.1 Å². The minimum atomic E-state index is -0.646. The summed E-state index contributed by atoms with van der Waals surface area (Å²) in [5.74, 6) is 5.65. The Morgan fingerprint density at radius 1 is 1.42 bits per heavy atom. The number of halogens is 1. The molecular formula is C14H12BrNO3. The van der Waals surface area contributed by atoms with E-state index in [4.69, 9.17) is 4.74 Å². The number of likely N-dealkylation sites (tertiary alicyclic amines) is 1. The first kappa shape index (κ1) is 13.8. The van der Waals surface area contributed by atoms with Crippen LogP contribution in [0.5, 0.6) is 0 Å². The van der Waals surface area contributed by atoms with Crippen LogP contribution in [0, 0.1) is 11.8 Å². The van der Waals surface area contributed by atoms with E-state index >= 15 is 0 Å². The average molecular weight is 322 g/mol. The van der Waals surface area contributed by atoms with E-state index in [1.54, 1.807) is 0 Å². The number of rotatable bonds is 3. The molecule has 2 atom stereocenters. The molecule has 1 amide bonds. The third-order valence-electron chi connectivity index (χ3n) is 2.92. The molecule has 0 radical (unpaired) electrons. The van der Waals surface area contributed by atoms with Gasteiger partial charge in [-0.05, 0) is 24.3 Å². The number of carbonyl (C=O) groups is 2. The van der Waals surface area contributed by atoms with Gasteiger partial charge >= 0.3 is 0 Å². The Morgan fingerprint density at radius 3 is 2.68 bits per heavy atom. The maximum absolute atomic E-state index is 11.6. The first-order valence-corrected chi connectivity index (χ1v) is 6.49. The first-order chi connectivity index (χ1) is 9.17. The van der Waals surface area contributed by atoms with E-state index in [0.29, 0.717) is 0 Å². The predicted octanol–water partition coefficient (Wildman–Crippen LogP) is 1.23. The summed E-state index contributed by atoms with van der Waals surface area (Å²) in [6, 6.07) is 7.03. The van der Waals surface area contributed by atoms with Gasteiger partial charge < -0.3 is 14.4 Å². The van der Waals surface area contributed by atoms with E-state index in [2.05, 4.69) is 27.8 Å². The molecular weight excluding hydrogens is 310 g/mol. The molecule has 0 saturated carbocycles. The van der Waals surface area contributed by atoms with Crippen LogP contribution in [0.4, 0.5) is 0 Å². The molecule has 0 unspecified atom stereocenters. The van der Waals surface area contributed by atoms with E-state index in [1.807, 2.05) is 24.3 Å². The largest absolute Gasteiger partial charge is 0.369 e. The minimum absolute atomic E-state index is 0.190. The van der Waals surface area contributed by atoms with Crippen LogP contribution in [0.3, 0.4) is 0 Å². The summed E-state index contributed by atoms with van der Waals surface area (Å²) in [7, 11) is 1.42. The Bertz CT molecular complexity index is 544. The predicted molar refractivity (Wildman–Crippen MR) is 73.4 cm³/mol. The molecule has 0 N–H and O–H groups in total. The second-order valence-corrected chi connectivity index (χ2v) is 4.97. The van der Waals surface area contributed by atoms with Crippen LogP contribution in [-0.2, 0) is 14.3 Å². The zero-order valence-electron chi connectivity index (χ0n) is 10.3. The number of aldehydes is 1. The Balaban J connectivity index is 1.98. The summed E-state index contributed by atoms with van der Waals surface area (Å²) in [6.45, 7) is 0.234. The molecule has 0 spiro atoms. The van der Waals surface area contributed by atoms with Crippen molar-refractivity contribution in [3.05, 3.63) is 34.3 Å². The standard InChI is InChI=1S/C14H12BrNO3/c1-19-13-12(9-17)16(14(13)18)8-2-3-10-4-6-11(15)7-5-10/h4-7,9,12-13H,8H2,1H3/t12-,13+/m0/s1. The first-order valence-electron chi connectivity index (χ1n) is 5.70. The topological polar surface area (TPSA) is 46.6 Å². The molecule has 5 heteroatoms. The molecule has 19 heavy (non-hydrogen) atoms. The fourth-order valence-electron chi connectivity index (χ4n) is 1.87. The molecule has 1 heterocycles. The highest BCUT2D eigenvalue weighted by molar-refractivity contribution is 9.10. The molecule has 1 aliphatic heterocycles. The fourth-order valence-corrected chi connectivity index (χ4v) is 2.13. The summed E-state index contributed by atoms with van der Waals surface area (Å²) in [4.78, 5) is 23.9. The lowest BCUT2D eigenvalue weighted by Gasteiger charge is -2.41. The molecule has 98 valence electrons. The molecule has 4 nitrogen and oxygen atoms in total. The van der Waals surface area contributed by atoms with Gasteiger partial charge in [0.2, 0.25) is 0 Å². The summed E-state index contributed by atoms with van der Waals surface area (Å²) in [5, 5.41) is 0. The van der Waals surface area contributed by atoms with E-state index in [1.165, 1.54) is 12.0 Å². The van der Waals surface area contributed by atoms with Gasteiger partial charge in [-0.2, -0.15) is 0 Å². The number of amides is 1. The van der Waals surface area contributed by atoms with Crippen molar-refractivity contribution in [2.24, 2.45) is 0 Å². The van der Waals surface area contributed by atoms with Crippen molar-refractivity contribution >= 4 is 28.1 Å². The molecule has 0 aliphatic carbocycles. The highest BCUT2D eigenvalue weighted by atomic mass is 79.9. The van der Waals surface area contributed by atoms with Crippen LogP contribution in [0.2, 0.25) is 0 Å². The van der Waals surface area contributed by atoms with E-state index in [0.717, 1.165) is 16.3 Å². The second kappa shape index (κ2) is 6.00. The van der Waals surface area contributed by atoms with E-state index in [-0.39, 0.29) is 12.5 Å². The van der Waals surface area contributed by atoms with Crippen LogP contribution >= 0.6 is 15.9 Å². The molecule has 2 rings (SSSR count). The lowest BCUT2D eigenvalue weighted by atomic mass is 9.99. The molecule has 1 aromatic carbocycles. The molecule has 0 aromatic heterocycles. The lowest BCUT2D eigenvalue weighted by Crippen LogP contribution is -2.66. The number of hydrogen-bond acceptors (Lipinski definition) is 3. The smallest absolute Gasteiger partial charge is 0.255 e. The van der Waals surface area contributed by atoms with E-state index in [9.17, 15) is 9.59 Å². The summed E-state index contributed by atoms with van der Waals surface area (Å²) in [6.07, 6.45) is 0.0728. The maximum atomic E-state index is 11.6. The fraction of sp³-hybridized carbons (Fsp3) is 0.286. The number of methoxy groups -OCH3 is 1. The van der Waals surface area contributed by atoms with Crippen LogP contribution in [0.25, 0.3) is 0 Å². The SMILES string of the molecule is CO[C@H]1C(=O)N(CC#Cc2ccc(Br)cc2)[C@H]1C=O. The number of hydrogen-bond donors (Lipinski definition) is 0. The van der Waals surface area contributed by atoms with Crippen molar-refractivity contribution in [3.63, 3.8) is 0 Å². The Labute approximate surface area is 119 Å². The van der Waals surface area contributed by atoms with Crippen molar-refractivity contribution in [2.75, 3.05) is 13.7 Å². The van der Waals surface area contributed by atoms with Crippen molar-refractivity contribution in [3.8, 4) is 11.8 Å². The van der Waals surface area contributed by atoms with Gasteiger partial charge in [0, 0.05) is 17.1 Å². The highest BCUT2D eigenvalue weighted by Crippen LogP contribution is 2.20. The Morgan fingerprint density at radius 2 is 2.11 bits per heavy atom. The number of nitrogens with zero attached hydrogens (tertiary/aromatic N) is 1. The van der Waals surface area contributed by atoms with Crippen LogP contribution in [-0.4, -0.2) is 42.9 Å².